The fourth-order valence-corrected chi connectivity index (χ4v) is 4.26. The standard InChI is InChI=1S/C24H29N7O3/c1-17-18(2)30(9-8-29-10-12-33-13-11-29)23-22(17)24-27-21(28-31(24)16-25-23)15-34-26-14-19-4-6-20(32-3)7-5-19/h4-7,14,16H,8-13,15H2,1-3H3/b26-14+. The van der Waals surface area contributed by atoms with Gasteiger partial charge in [-0.15, -0.1) is 5.10 Å². The molecule has 5 rings (SSSR count). The smallest absolute Gasteiger partial charge is 0.192 e. The van der Waals surface area contributed by atoms with Crippen molar-refractivity contribution < 1.29 is 14.3 Å². The first-order valence-electron chi connectivity index (χ1n) is 11.4. The molecular weight excluding hydrogens is 434 g/mol. The minimum atomic E-state index is 0.172. The molecule has 0 radical (unpaired) electrons. The summed E-state index contributed by atoms with van der Waals surface area (Å²) < 4.78 is 14.6. The number of fused-ring (bicyclic) bond motifs is 3. The number of oxime groups is 1. The highest BCUT2D eigenvalue weighted by Crippen LogP contribution is 2.27. The Morgan fingerprint density at radius 1 is 1.09 bits per heavy atom. The van der Waals surface area contributed by atoms with Crippen molar-refractivity contribution in [1.82, 2.24) is 29.0 Å². The monoisotopic (exact) mass is 463 g/mol. The number of nitrogens with zero attached hydrogens (tertiary/aromatic N) is 7. The molecule has 0 spiro atoms. The van der Waals surface area contributed by atoms with Crippen LogP contribution in [0.1, 0.15) is 22.6 Å². The van der Waals surface area contributed by atoms with E-state index >= 15 is 0 Å². The number of aromatic nitrogens is 5. The largest absolute Gasteiger partial charge is 0.497 e. The Morgan fingerprint density at radius 2 is 1.88 bits per heavy atom. The van der Waals surface area contributed by atoms with E-state index in [1.807, 2.05) is 24.3 Å². The Kier molecular flexibility index (Phi) is 6.41. The summed E-state index contributed by atoms with van der Waals surface area (Å²) in [6, 6.07) is 7.57. The van der Waals surface area contributed by atoms with Crippen molar-refractivity contribution in [3.05, 3.63) is 53.2 Å². The summed E-state index contributed by atoms with van der Waals surface area (Å²) in [5.74, 6) is 1.35. The van der Waals surface area contributed by atoms with Gasteiger partial charge in [-0.1, -0.05) is 5.16 Å². The third kappa shape index (κ3) is 4.46. The highest BCUT2D eigenvalue weighted by atomic mass is 16.6. The highest BCUT2D eigenvalue weighted by Gasteiger charge is 2.19. The first kappa shape index (κ1) is 22.3. The van der Waals surface area contributed by atoms with Crippen LogP contribution < -0.4 is 4.74 Å². The lowest BCUT2D eigenvalue weighted by molar-refractivity contribution is 0.0364. The van der Waals surface area contributed by atoms with E-state index in [9.17, 15) is 0 Å². The summed E-state index contributed by atoms with van der Waals surface area (Å²) in [6.45, 7) is 9.84. The van der Waals surface area contributed by atoms with Crippen molar-refractivity contribution in [2.45, 2.75) is 27.0 Å². The SMILES string of the molecule is COc1ccc(/C=N/OCc2nc3c4c(C)c(C)n(CCN5CCOCC5)c4ncn3n2)cc1. The number of hydrogen-bond donors (Lipinski definition) is 0. The van der Waals surface area contributed by atoms with E-state index in [4.69, 9.17) is 24.3 Å². The van der Waals surface area contributed by atoms with Gasteiger partial charge in [0.15, 0.2) is 18.1 Å². The van der Waals surface area contributed by atoms with E-state index in [1.165, 1.54) is 11.3 Å². The van der Waals surface area contributed by atoms with Crippen LogP contribution >= 0.6 is 0 Å². The first-order chi connectivity index (χ1) is 16.6. The van der Waals surface area contributed by atoms with Gasteiger partial charge in [-0.2, -0.15) is 0 Å². The van der Waals surface area contributed by atoms with Gasteiger partial charge in [0.1, 0.15) is 17.7 Å². The van der Waals surface area contributed by atoms with Crippen LogP contribution in [-0.4, -0.2) is 75.2 Å². The van der Waals surface area contributed by atoms with Crippen molar-refractivity contribution in [2.24, 2.45) is 5.16 Å². The molecule has 0 aliphatic carbocycles. The molecule has 34 heavy (non-hydrogen) atoms. The number of morpholine rings is 1. The minimum Gasteiger partial charge on any atom is -0.497 e. The quantitative estimate of drug-likeness (QED) is 0.293. The first-order valence-corrected chi connectivity index (χ1v) is 11.4. The van der Waals surface area contributed by atoms with Gasteiger partial charge in [-0.05, 0) is 49.2 Å². The molecule has 0 saturated carbocycles. The van der Waals surface area contributed by atoms with Crippen LogP contribution in [0.25, 0.3) is 16.7 Å². The van der Waals surface area contributed by atoms with Crippen molar-refractivity contribution in [3.8, 4) is 5.75 Å². The van der Waals surface area contributed by atoms with Crippen molar-refractivity contribution in [1.29, 1.82) is 0 Å². The Balaban J connectivity index is 1.32. The van der Waals surface area contributed by atoms with Crippen molar-refractivity contribution in [3.63, 3.8) is 0 Å². The van der Waals surface area contributed by atoms with E-state index in [0.717, 1.165) is 67.4 Å². The molecule has 4 aromatic rings. The Bertz CT molecular complexity index is 1300. The van der Waals surface area contributed by atoms with E-state index < -0.39 is 0 Å². The zero-order valence-electron chi connectivity index (χ0n) is 19.8. The van der Waals surface area contributed by atoms with Crippen molar-refractivity contribution >= 4 is 22.9 Å². The lowest BCUT2D eigenvalue weighted by Gasteiger charge is -2.26. The maximum atomic E-state index is 5.46. The maximum Gasteiger partial charge on any atom is 0.192 e. The number of hydrogen-bond acceptors (Lipinski definition) is 8. The molecule has 1 fully saturated rings. The van der Waals surface area contributed by atoms with Gasteiger partial charge in [0.25, 0.3) is 0 Å². The fraction of sp³-hybridized carbons (Fsp3) is 0.417. The van der Waals surface area contributed by atoms with Crippen LogP contribution in [0, 0.1) is 13.8 Å². The van der Waals surface area contributed by atoms with E-state index in [1.54, 1.807) is 24.2 Å². The third-order valence-electron chi connectivity index (χ3n) is 6.32. The highest BCUT2D eigenvalue weighted by molar-refractivity contribution is 5.93. The van der Waals surface area contributed by atoms with E-state index in [-0.39, 0.29) is 6.61 Å². The van der Waals surface area contributed by atoms with Crippen molar-refractivity contribution in [2.75, 3.05) is 40.0 Å². The van der Waals surface area contributed by atoms with Gasteiger partial charge in [0.2, 0.25) is 0 Å². The molecule has 178 valence electrons. The summed E-state index contributed by atoms with van der Waals surface area (Å²) in [5, 5.41) is 9.60. The molecule has 10 heteroatoms. The summed E-state index contributed by atoms with van der Waals surface area (Å²) in [7, 11) is 1.64. The molecular formula is C24H29N7O3. The predicted molar refractivity (Wildman–Crippen MR) is 128 cm³/mol. The number of rotatable bonds is 8. The zero-order chi connectivity index (χ0) is 23.5. The second kappa shape index (κ2) is 9.78. The molecule has 1 aliphatic rings. The molecule has 1 saturated heterocycles. The summed E-state index contributed by atoms with van der Waals surface area (Å²) in [5.41, 5.74) is 5.02. The van der Waals surface area contributed by atoms with Crippen LogP contribution in [0.2, 0.25) is 0 Å². The number of aryl methyl sites for hydroxylation is 1. The molecule has 10 nitrogen and oxygen atoms in total. The van der Waals surface area contributed by atoms with E-state index in [0.29, 0.717) is 5.82 Å². The second-order valence-corrected chi connectivity index (χ2v) is 8.34. The number of benzene rings is 1. The molecule has 0 amide bonds. The molecule has 4 heterocycles. The third-order valence-corrected chi connectivity index (χ3v) is 6.32. The van der Waals surface area contributed by atoms with Crippen LogP contribution in [0.15, 0.2) is 35.7 Å². The predicted octanol–water partition coefficient (Wildman–Crippen LogP) is 2.59. The van der Waals surface area contributed by atoms with Crippen LogP contribution in [0.3, 0.4) is 0 Å². The Hall–Kier alpha value is -3.50. The summed E-state index contributed by atoms with van der Waals surface area (Å²) >= 11 is 0. The maximum absolute atomic E-state index is 5.46. The van der Waals surface area contributed by atoms with Gasteiger partial charge < -0.3 is 18.9 Å². The fourth-order valence-electron chi connectivity index (χ4n) is 4.26. The minimum absolute atomic E-state index is 0.172. The summed E-state index contributed by atoms with van der Waals surface area (Å²) in [6.07, 6.45) is 3.37. The van der Waals surface area contributed by atoms with Gasteiger partial charge in [0, 0.05) is 31.9 Å². The van der Waals surface area contributed by atoms with Crippen LogP contribution in [-0.2, 0) is 22.7 Å². The summed E-state index contributed by atoms with van der Waals surface area (Å²) in [4.78, 5) is 17.3. The molecule has 1 aromatic carbocycles. The topological polar surface area (TPSA) is 91.3 Å². The average Bonchev–Trinajstić information content (AvgIpc) is 3.39. The molecule has 0 atom stereocenters. The normalized spacial score (nSPS) is 15.0. The van der Waals surface area contributed by atoms with Crippen LogP contribution in [0.4, 0.5) is 0 Å². The van der Waals surface area contributed by atoms with Crippen LogP contribution in [0.5, 0.6) is 5.75 Å². The molecule has 1 aliphatic heterocycles. The van der Waals surface area contributed by atoms with E-state index in [2.05, 4.69) is 33.6 Å². The Morgan fingerprint density at radius 3 is 2.65 bits per heavy atom. The van der Waals surface area contributed by atoms with Gasteiger partial charge in [0.05, 0.1) is 31.9 Å². The van der Waals surface area contributed by atoms with Gasteiger partial charge >= 0.3 is 0 Å². The molecule has 0 N–H and O–H groups in total. The Labute approximate surface area is 197 Å². The van der Waals surface area contributed by atoms with Gasteiger partial charge in [-0.25, -0.2) is 14.5 Å². The molecule has 0 bridgehead atoms. The molecule has 0 unspecified atom stereocenters. The zero-order valence-corrected chi connectivity index (χ0v) is 19.8. The van der Waals surface area contributed by atoms with Gasteiger partial charge in [-0.3, -0.25) is 4.90 Å². The lowest BCUT2D eigenvalue weighted by atomic mass is 10.2. The number of methoxy groups -OCH3 is 1. The number of ether oxygens (including phenoxy) is 2. The second-order valence-electron chi connectivity index (χ2n) is 8.34. The molecule has 3 aromatic heterocycles. The lowest BCUT2D eigenvalue weighted by Crippen LogP contribution is -2.38. The average molecular weight is 464 g/mol.